The first kappa shape index (κ1) is 10.9. The largest absolute Gasteiger partial charge is 0.288 e. The zero-order chi connectivity index (χ0) is 10.6. The number of benzene rings is 1. The molecule has 0 aliphatic rings. The second-order valence-electron chi connectivity index (χ2n) is 2.80. The summed E-state index contributed by atoms with van der Waals surface area (Å²) in [4.78, 5) is 12.1. The summed E-state index contributed by atoms with van der Waals surface area (Å²) in [5, 5.41) is 0. The van der Waals surface area contributed by atoms with Crippen molar-refractivity contribution < 1.29 is 9.00 Å². The van der Waals surface area contributed by atoms with Gasteiger partial charge in [0.05, 0.1) is 15.7 Å². The third-order valence-corrected chi connectivity index (χ3v) is 2.87. The van der Waals surface area contributed by atoms with E-state index in [0.717, 1.165) is 0 Å². The number of carbonyl (C=O) groups is 1. The molecule has 1 unspecified atom stereocenters. The molecule has 0 spiro atoms. The standard InChI is InChI=1S/C11H12O2S/c1-3-10(14(2)13)11(12)9-7-5-4-6-8-9/h3-8H,1-2H3/b10-3-. The van der Waals surface area contributed by atoms with Crippen LogP contribution in [-0.2, 0) is 10.8 Å². The van der Waals surface area contributed by atoms with E-state index in [-0.39, 0.29) is 5.78 Å². The summed E-state index contributed by atoms with van der Waals surface area (Å²) >= 11 is 0. The Balaban J connectivity index is 3.02. The molecule has 0 heterocycles. The van der Waals surface area contributed by atoms with E-state index < -0.39 is 10.8 Å². The summed E-state index contributed by atoms with van der Waals surface area (Å²) in [6.45, 7) is 1.72. The maximum atomic E-state index is 11.8. The smallest absolute Gasteiger partial charge is 0.201 e. The lowest BCUT2D eigenvalue weighted by Crippen LogP contribution is -2.07. The average molecular weight is 208 g/mol. The molecule has 0 saturated heterocycles. The Labute approximate surface area is 86.1 Å². The number of carbonyl (C=O) groups excluding carboxylic acids is 1. The molecule has 0 radical (unpaired) electrons. The van der Waals surface area contributed by atoms with Gasteiger partial charge in [0.1, 0.15) is 0 Å². The normalized spacial score (nSPS) is 13.7. The van der Waals surface area contributed by atoms with Crippen molar-refractivity contribution in [1.82, 2.24) is 0 Å². The second kappa shape index (κ2) is 4.86. The molecule has 1 aromatic rings. The van der Waals surface area contributed by atoms with Crippen LogP contribution in [0.4, 0.5) is 0 Å². The highest BCUT2D eigenvalue weighted by atomic mass is 32.2. The maximum absolute atomic E-state index is 11.8. The molecule has 0 bridgehead atoms. The number of allylic oxidation sites excluding steroid dienone is 2. The highest BCUT2D eigenvalue weighted by Crippen LogP contribution is 2.10. The van der Waals surface area contributed by atoms with E-state index in [1.807, 2.05) is 6.07 Å². The fourth-order valence-corrected chi connectivity index (χ4v) is 1.87. The molecule has 74 valence electrons. The first-order valence-electron chi connectivity index (χ1n) is 4.26. The van der Waals surface area contributed by atoms with E-state index in [0.29, 0.717) is 10.5 Å². The van der Waals surface area contributed by atoms with Crippen molar-refractivity contribution in [2.45, 2.75) is 6.92 Å². The van der Waals surface area contributed by atoms with Gasteiger partial charge in [-0.05, 0) is 6.92 Å². The Morgan fingerprint density at radius 1 is 1.29 bits per heavy atom. The Bertz CT molecular complexity index is 380. The average Bonchev–Trinajstić information content (AvgIpc) is 2.19. The van der Waals surface area contributed by atoms with Crippen LogP contribution in [0.25, 0.3) is 0 Å². The Morgan fingerprint density at radius 3 is 2.29 bits per heavy atom. The topological polar surface area (TPSA) is 34.1 Å². The number of Topliss-reactive ketones (excluding diaryl/α,β-unsaturated/α-hetero) is 1. The van der Waals surface area contributed by atoms with Crippen molar-refractivity contribution in [1.29, 1.82) is 0 Å². The van der Waals surface area contributed by atoms with E-state index >= 15 is 0 Å². The second-order valence-corrected chi connectivity index (χ2v) is 4.15. The molecule has 0 amide bonds. The van der Waals surface area contributed by atoms with Crippen LogP contribution in [0.1, 0.15) is 17.3 Å². The minimum absolute atomic E-state index is 0.158. The third kappa shape index (κ3) is 2.39. The van der Waals surface area contributed by atoms with Crippen molar-refractivity contribution in [3.63, 3.8) is 0 Å². The summed E-state index contributed by atoms with van der Waals surface area (Å²) in [5.74, 6) is -0.158. The molecule has 3 heteroatoms. The van der Waals surface area contributed by atoms with Crippen LogP contribution in [-0.4, -0.2) is 16.2 Å². The van der Waals surface area contributed by atoms with Gasteiger partial charge >= 0.3 is 0 Å². The van der Waals surface area contributed by atoms with Gasteiger partial charge < -0.3 is 0 Å². The highest BCUT2D eigenvalue weighted by molar-refractivity contribution is 7.89. The van der Waals surface area contributed by atoms with Crippen LogP contribution < -0.4 is 0 Å². The zero-order valence-corrected chi connectivity index (χ0v) is 9.01. The molecule has 14 heavy (non-hydrogen) atoms. The van der Waals surface area contributed by atoms with Crippen LogP contribution in [0, 0.1) is 0 Å². The molecule has 1 rings (SSSR count). The molecular weight excluding hydrogens is 196 g/mol. The van der Waals surface area contributed by atoms with Crippen molar-refractivity contribution in [3.05, 3.63) is 46.9 Å². The van der Waals surface area contributed by atoms with Gasteiger partial charge in [-0.1, -0.05) is 36.4 Å². The fourth-order valence-electron chi connectivity index (χ4n) is 1.16. The molecule has 1 atom stereocenters. The molecule has 1 aromatic carbocycles. The van der Waals surface area contributed by atoms with Gasteiger partial charge in [0, 0.05) is 11.8 Å². The molecule has 0 aromatic heterocycles. The molecule has 2 nitrogen and oxygen atoms in total. The Morgan fingerprint density at radius 2 is 1.86 bits per heavy atom. The van der Waals surface area contributed by atoms with Gasteiger partial charge in [0.15, 0.2) is 0 Å². The summed E-state index contributed by atoms with van der Waals surface area (Å²) in [6.07, 6.45) is 3.11. The van der Waals surface area contributed by atoms with Crippen LogP contribution >= 0.6 is 0 Å². The molecule has 0 aliphatic carbocycles. The number of rotatable bonds is 3. The first-order chi connectivity index (χ1) is 6.66. The monoisotopic (exact) mass is 208 g/mol. The fraction of sp³-hybridized carbons (Fsp3) is 0.182. The van der Waals surface area contributed by atoms with Gasteiger partial charge in [0.2, 0.25) is 5.78 Å². The molecule has 0 N–H and O–H groups in total. The summed E-state index contributed by atoms with van der Waals surface area (Å²) in [6, 6.07) is 8.87. The quantitative estimate of drug-likeness (QED) is 0.563. The number of hydrogen-bond donors (Lipinski definition) is 0. The highest BCUT2D eigenvalue weighted by Gasteiger charge is 2.13. The molecular formula is C11H12O2S. The van der Waals surface area contributed by atoms with Gasteiger partial charge in [-0.2, -0.15) is 0 Å². The summed E-state index contributed by atoms with van der Waals surface area (Å²) in [7, 11) is -1.22. The predicted octanol–water partition coefficient (Wildman–Crippen LogP) is 2.15. The minimum atomic E-state index is -1.22. The third-order valence-electron chi connectivity index (χ3n) is 1.83. The lowest BCUT2D eigenvalue weighted by Gasteiger charge is -2.01. The minimum Gasteiger partial charge on any atom is -0.288 e. The van der Waals surface area contributed by atoms with E-state index in [4.69, 9.17) is 0 Å². The summed E-state index contributed by atoms with van der Waals surface area (Å²) < 4.78 is 11.2. The van der Waals surface area contributed by atoms with Crippen molar-refractivity contribution in [2.75, 3.05) is 6.26 Å². The van der Waals surface area contributed by atoms with E-state index in [9.17, 15) is 9.00 Å². The SMILES string of the molecule is C/C=C(/C(=O)c1ccccc1)S(C)=O. The van der Waals surface area contributed by atoms with Crippen LogP contribution in [0.2, 0.25) is 0 Å². The van der Waals surface area contributed by atoms with Gasteiger partial charge in [0.25, 0.3) is 0 Å². The molecule has 0 aliphatic heterocycles. The maximum Gasteiger partial charge on any atom is 0.201 e. The van der Waals surface area contributed by atoms with Crippen LogP contribution in [0.3, 0.4) is 0 Å². The van der Waals surface area contributed by atoms with Crippen molar-refractivity contribution in [3.8, 4) is 0 Å². The van der Waals surface area contributed by atoms with Crippen LogP contribution in [0.15, 0.2) is 41.3 Å². The number of ketones is 1. The zero-order valence-electron chi connectivity index (χ0n) is 8.19. The summed E-state index contributed by atoms with van der Waals surface area (Å²) in [5.41, 5.74) is 0.579. The van der Waals surface area contributed by atoms with Gasteiger partial charge in [-0.25, -0.2) is 0 Å². The lowest BCUT2D eigenvalue weighted by molar-refractivity contribution is 0.104. The number of hydrogen-bond acceptors (Lipinski definition) is 2. The van der Waals surface area contributed by atoms with E-state index in [1.165, 1.54) is 6.26 Å². The van der Waals surface area contributed by atoms with Crippen molar-refractivity contribution >= 4 is 16.6 Å². The van der Waals surface area contributed by atoms with Crippen LogP contribution in [0.5, 0.6) is 0 Å². The van der Waals surface area contributed by atoms with Gasteiger partial charge in [-0.15, -0.1) is 0 Å². The Kier molecular flexibility index (Phi) is 3.77. The molecule has 0 fully saturated rings. The molecule has 0 saturated carbocycles. The lowest BCUT2D eigenvalue weighted by atomic mass is 10.1. The van der Waals surface area contributed by atoms with E-state index in [1.54, 1.807) is 37.3 Å². The van der Waals surface area contributed by atoms with E-state index in [2.05, 4.69) is 0 Å². The first-order valence-corrected chi connectivity index (χ1v) is 5.82. The predicted molar refractivity (Wildman–Crippen MR) is 58.6 cm³/mol. The Hall–Kier alpha value is -1.22. The van der Waals surface area contributed by atoms with Crippen molar-refractivity contribution in [2.24, 2.45) is 0 Å². The van der Waals surface area contributed by atoms with Gasteiger partial charge in [-0.3, -0.25) is 9.00 Å².